The van der Waals surface area contributed by atoms with Gasteiger partial charge in [-0.2, -0.15) is 0 Å². The summed E-state index contributed by atoms with van der Waals surface area (Å²) in [6.07, 6.45) is -0.500. The molecule has 0 aliphatic carbocycles. The highest BCUT2D eigenvalue weighted by Gasteiger charge is 2.22. The molecule has 0 saturated carbocycles. The predicted molar refractivity (Wildman–Crippen MR) is 101 cm³/mol. The summed E-state index contributed by atoms with van der Waals surface area (Å²) in [5, 5.41) is 0. The fraction of sp³-hybridized carbons (Fsp3) is 0.300. The molecule has 0 aliphatic heterocycles. The lowest BCUT2D eigenvalue weighted by Crippen LogP contribution is -2.20. The minimum Gasteiger partial charge on any atom is -0.444 e. The van der Waals surface area contributed by atoms with Gasteiger partial charge in [0.2, 0.25) is 0 Å². The van der Waals surface area contributed by atoms with Gasteiger partial charge < -0.3 is 4.74 Å². The standard InChI is InChI=1S/C20H23NO3S/c1-14-5-11-17(12-6-14)25-21-19(23)24-13-15-7-9-16(10-8-15)18(22)20(2,3)4/h5-12H,13H2,1-4H3,(H,21,23). The van der Waals surface area contributed by atoms with Crippen LogP contribution in [0.15, 0.2) is 53.4 Å². The molecule has 0 aromatic heterocycles. The number of benzene rings is 2. The van der Waals surface area contributed by atoms with Crippen molar-refractivity contribution in [2.24, 2.45) is 5.41 Å². The summed E-state index contributed by atoms with van der Waals surface area (Å²) in [5.41, 5.74) is 2.25. The Morgan fingerprint density at radius 1 is 1.00 bits per heavy atom. The van der Waals surface area contributed by atoms with Gasteiger partial charge in [-0.25, -0.2) is 4.79 Å². The first-order valence-corrected chi connectivity index (χ1v) is 8.87. The SMILES string of the molecule is Cc1ccc(SNC(=O)OCc2ccc(C(=O)C(C)(C)C)cc2)cc1. The highest BCUT2D eigenvalue weighted by molar-refractivity contribution is 7.98. The molecule has 2 aromatic rings. The molecule has 0 heterocycles. The summed E-state index contributed by atoms with van der Waals surface area (Å²) in [6, 6.07) is 15.0. The first kappa shape index (κ1) is 19.1. The van der Waals surface area contributed by atoms with Crippen molar-refractivity contribution >= 4 is 23.8 Å². The Labute approximate surface area is 153 Å². The lowest BCUT2D eigenvalue weighted by atomic mass is 9.86. The van der Waals surface area contributed by atoms with Crippen LogP contribution in [0.5, 0.6) is 0 Å². The molecule has 4 nitrogen and oxygen atoms in total. The van der Waals surface area contributed by atoms with Gasteiger partial charge in [-0.05, 0) is 36.6 Å². The summed E-state index contributed by atoms with van der Waals surface area (Å²) in [4.78, 5) is 24.9. The van der Waals surface area contributed by atoms with Gasteiger partial charge >= 0.3 is 6.09 Å². The summed E-state index contributed by atoms with van der Waals surface area (Å²) in [7, 11) is 0. The molecule has 2 aromatic carbocycles. The summed E-state index contributed by atoms with van der Waals surface area (Å²) < 4.78 is 7.82. The maximum Gasteiger partial charge on any atom is 0.417 e. The van der Waals surface area contributed by atoms with Crippen LogP contribution in [0.4, 0.5) is 4.79 Å². The minimum atomic E-state index is -0.500. The lowest BCUT2D eigenvalue weighted by Gasteiger charge is -2.16. The van der Waals surface area contributed by atoms with Crippen molar-refractivity contribution in [1.82, 2.24) is 4.72 Å². The molecule has 0 fully saturated rings. The third-order valence-corrected chi connectivity index (χ3v) is 4.32. The monoisotopic (exact) mass is 357 g/mol. The molecule has 0 radical (unpaired) electrons. The van der Waals surface area contributed by atoms with Crippen molar-refractivity contribution in [3.63, 3.8) is 0 Å². The third-order valence-electron chi connectivity index (χ3n) is 3.54. The van der Waals surface area contributed by atoms with Crippen LogP contribution >= 0.6 is 11.9 Å². The van der Waals surface area contributed by atoms with Gasteiger partial charge in [-0.3, -0.25) is 9.52 Å². The molecule has 2 rings (SSSR count). The van der Waals surface area contributed by atoms with E-state index >= 15 is 0 Å². The van der Waals surface area contributed by atoms with E-state index in [1.54, 1.807) is 24.3 Å². The highest BCUT2D eigenvalue weighted by Crippen LogP contribution is 2.21. The Bertz CT molecular complexity index is 731. The number of ether oxygens (including phenoxy) is 1. The average Bonchev–Trinajstić information content (AvgIpc) is 2.58. The van der Waals surface area contributed by atoms with E-state index in [0.29, 0.717) is 5.56 Å². The molecule has 132 valence electrons. The van der Waals surface area contributed by atoms with Crippen LogP contribution in [0.1, 0.15) is 42.3 Å². The quantitative estimate of drug-likeness (QED) is 0.593. The van der Waals surface area contributed by atoms with Crippen LogP contribution in [0.25, 0.3) is 0 Å². The van der Waals surface area contributed by atoms with Gasteiger partial charge in [0.1, 0.15) is 6.61 Å². The summed E-state index contributed by atoms with van der Waals surface area (Å²) in [6.45, 7) is 7.84. The number of rotatable bonds is 5. The second-order valence-electron chi connectivity index (χ2n) is 6.87. The molecule has 0 aliphatic rings. The number of amides is 1. The molecule has 0 atom stereocenters. The number of hydrogen-bond donors (Lipinski definition) is 1. The normalized spacial score (nSPS) is 11.0. The van der Waals surface area contributed by atoms with Crippen molar-refractivity contribution in [1.29, 1.82) is 0 Å². The fourth-order valence-corrected chi connectivity index (χ4v) is 2.60. The van der Waals surface area contributed by atoms with E-state index in [1.165, 1.54) is 17.5 Å². The summed E-state index contributed by atoms with van der Waals surface area (Å²) in [5.74, 6) is 0.0900. The molecule has 1 N–H and O–H groups in total. The van der Waals surface area contributed by atoms with Gasteiger partial charge in [-0.15, -0.1) is 0 Å². The second kappa shape index (κ2) is 8.21. The van der Waals surface area contributed by atoms with E-state index in [2.05, 4.69) is 4.72 Å². The van der Waals surface area contributed by atoms with Crippen LogP contribution in [-0.2, 0) is 11.3 Å². The first-order chi connectivity index (χ1) is 11.8. The number of hydrogen-bond acceptors (Lipinski definition) is 4. The number of ketones is 1. The van der Waals surface area contributed by atoms with Crippen LogP contribution in [0.3, 0.4) is 0 Å². The molecule has 0 bridgehead atoms. The van der Waals surface area contributed by atoms with Crippen LogP contribution < -0.4 is 4.72 Å². The van der Waals surface area contributed by atoms with Gasteiger partial charge in [0.15, 0.2) is 5.78 Å². The van der Waals surface area contributed by atoms with Crippen molar-refractivity contribution < 1.29 is 14.3 Å². The van der Waals surface area contributed by atoms with Gasteiger partial charge in [-0.1, -0.05) is 62.7 Å². The van der Waals surface area contributed by atoms with E-state index < -0.39 is 11.5 Å². The van der Waals surface area contributed by atoms with E-state index in [1.807, 2.05) is 52.0 Å². The van der Waals surface area contributed by atoms with Crippen molar-refractivity contribution in [2.75, 3.05) is 0 Å². The second-order valence-corrected chi connectivity index (χ2v) is 7.75. The molecule has 0 saturated heterocycles. The van der Waals surface area contributed by atoms with E-state index in [4.69, 9.17) is 4.74 Å². The third kappa shape index (κ3) is 5.94. The Kier molecular flexibility index (Phi) is 6.26. The Hall–Kier alpha value is -2.27. The smallest absolute Gasteiger partial charge is 0.417 e. The topological polar surface area (TPSA) is 55.4 Å². The minimum absolute atomic E-state index is 0.0900. The predicted octanol–water partition coefficient (Wildman–Crippen LogP) is 5.16. The van der Waals surface area contributed by atoms with E-state index in [9.17, 15) is 9.59 Å². The maximum absolute atomic E-state index is 12.2. The Balaban J connectivity index is 1.81. The molecule has 1 amide bonds. The molecular weight excluding hydrogens is 334 g/mol. The van der Waals surface area contributed by atoms with Crippen LogP contribution in [0, 0.1) is 12.3 Å². The van der Waals surface area contributed by atoms with Crippen molar-refractivity contribution in [3.05, 3.63) is 65.2 Å². The van der Waals surface area contributed by atoms with Gasteiger partial charge in [0, 0.05) is 15.9 Å². The maximum atomic E-state index is 12.2. The van der Waals surface area contributed by atoms with E-state index in [0.717, 1.165) is 10.5 Å². The number of Topliss-reactive ketones (excluding diaryl/α,β-unsaturated/α-hetero) is 1. The van der Waals surface area contributed by atoms with Gasteiger partial charge in [0.05, 0.1) is 0 Å². The fourth-order valence-electron chi connectivity index (χ4n) is 2.07. The average molecular weight is 357 g/mol. The van der Waals surface area contributed by atoms with Crippen LogP contribution in [0.2, 0.25) is 0 Å². The lowest BCUT2D eigenvalue weighted by molar-refractivity contribution is 0.0858. The first-order valence-electron chi connectivity index (χ1n) is 8.06. The Morgan fingerprint density at radius 2 is 1.60 bits per heavy atom. The number of carbonyl (C=O) groups excluding carboxylic acids is 2. The zero-order chi connectivity index (χ0) is 18.4. The number of nitrogens with one attached hydrogen (secondary N) is 1. The molecule has 25 heavy (non-hydrogen) atoms. The van der Waals surface area contributed by atoms with Crippen molar-refractivity contribution in [2.45, 2.75) is 39.2 Å². The van der Waals surface area contributed by atoms with Crippen LogP contribution in [-0.4, -0.2) is 11.9 Å². The molecule has 0 spiro atoms. The number of aryl methyl sites for hydroxylation is 1. The molecule has 0 unspecified atom stereocenters. The molecule has 5 heteroatoms. The van der Waals surface area contributed by atoms with E-state index in [-0.39, 0.29) is 12.4 Å². The highest BCUT2D eigenvalue weighted by atomic mass is 32.2. The zero-order valence-corrected chi connectivity index (χ0v) is 15.8. The van der Waals surface area contributed by atoms with Crippen molar-refractivity contribution in [3.8, 4) is 0 Å². The Morgan fingerprint density at radius 3 is 2.16 bits per heavy atom. The van der Waals surface area contributed by atoms with Gasteiger partial charge in [0.25, 0.3) is 0 Å². The molecular formula is C20H23NO3S. The zero-order valence-electron chi connectivity index (χ0n) is 15.0. The number of carbonyl (C=O) groups is 2. The largest absolute Gasteiger partial charge is 0.444 e. The summed E-state index contributed by atoms with van der Waals surface area (Å²) >= 11 is 1.21.